The van der Waals surface area contributed by atoms with Crippen LogP contribution in [0.25, 0.3) is 10.6 Å². The van der Waals surface area contributed by atoms with E-state index in [-0.39, 0.29) is 5.91 Å². The van der Waals surface area contributed by atoms with Gasteiger partial charge in [-0.1, -0.05) is 30.3 Å². The van der Waals surface area contributed by atoms with Crippen LogP contribution in [0.5, 0.6) is 0 Å². The molecule has 0 spiro atoms. The normalized spacial score (nSPS) is 16.7. The average molecular weight is 358 g/mol. The van der Waals surface area contributed by atoms with Crippen LogP contribution in [0.3, 0.4) is 0 Å². The molecule has 0 atom stereocenters. The number of nitrogens with zero attached hydrogens (tertiary/aromatic N) is 3. The van der Waals surface area contributed by atoms with Gasteiger partial charge in [0.15, 0.2) is 0 Å². The van der Waals surface area contributed by atoms with Gasteiger partial charge in [-0.2, -0.15) is 0 Å². The standard InChI is InChI=1S/C20H27N3OS/c1-15(2)22-11-7-13-23(14-8-12-22)20(24)18-16(3)21-19(25-18)17-9-5-4-6-10-17/h4-6,9-10,15H,7-8,11-14H2,1-3H3. The van der Waals surface area contributed by atoms with Crippen LogP contribution in [0.2, 0.25) is 0 Å². The van der Waals surface area contributed by atoms with Gasteiger partial charge in [-0.15, -0.1) is 11.3 Å². The van der Waals surface area contributed by atoms with E-state index < -0.39 is 0 Å². The van der Waals surface area contributed by atoms with Crippen molar-refractivity contribution >= 4 is 17.2 Å². The van der Waals surface area contributed by atoms with Crippen LogP contribution in [-0.2, 0) is 0 Å². The molecule has 1 aromatic heterocycles. The number of carbonyl (C=O) groups is 1. The first kappa shape index (κ1) is 18.1. The maximum atomic E-state index is 13.0. The van der Waals surface area contributed by atoms with Crippen LogP contribution in [0.4, 0.5) is 0 Å². The summed E-state index contributed by atoms with van der Waals surface area (Å²) in [7, 11) is 0. The molecule has 0 saturated carbocycles. The summed E-state index contributed by atoms with van der Waals surface area (Å²) in [5, 5.41) is 0.930. The Balaban J connectivity index is 1.72. The molecule has 25 heavy (non-hydrogen) atoms. The Kier molecular flexibility index (Phi) is 5.86. The number of amides is 1. The van der Waals surface area contributed by atoms with Crippen molar-refractivity contribution in [3.05, 3.63) is 40.9 Å². The monoisotopic (exact) mass is 357 g/mol. The van der Waals surface area contributed by atoms with Crippen molar-refractivity contribution < 1.29 is 4.79 Å². The molecular weight excluding hydrogens is 330 g/mol. The van der Waals surface area contributed by atoms with Gasteiger partial charge in [0.2, 0.25) is 0 Å². The van der Waals surface area contributed by atoms with Crippen molar-refractivity contribution in [1.29, 1.82) is 0 Å². The highest BCUT2D eigenvalue weighted by Gasteiger charge is 2.23. The molecule has 2 heterocycles. The number of hydrogen-bond acceptors (Lipinski definition) is 4. The van der Waals surface area contributed by atoms with Gasteiger partial charge in [0.25, 0.3) is 5.91 Å². The summed E-state index contributed by atoms with van der Waals surface area (Å²) in [5.74, 6) is 0.148. The number of benzene rings is 1. The summed E-state index contributed by atoms with van der Waals surface area (Å²) in [4.78, 5) is 23.0. The average Bonchev–Trinajstić information content (AvgIpc) is 2.96. The lowest BCUT2D eigenvalue weighted by Gasteiger charge is -2.32. The fourth-order valence-electron chi connectivity index (χ4n) is 3.32. The van der Waals surface area contributed by atoms with Crippen molar-refractivity contribution in [1.82, 2.24) is 14.8 Å². The summed E-state index contributed by atoms with van der Waals surface area (Å²) < 4.78 is 0. The van der Waals surface area contributed by atoms with Crippen LogP contribution in [0.1, 0.15) is 42.1 Å². The molecule has 0 aliphatic carbocycles. The molecule has 1 aromatic carbocycles. The van der Waals surface area contributed by atoms with Crippen LogP contribution in [-0.4, -0.2) is 52.9 Å². The van der Waals surface area contributed by atoms with Crippen molar-refractivity contribution in [3.63, 3.8) is 0 Å². The number of aryl methyl sites for hydroxylation is 1. The Morgan fingerprint density at radius 1 is 1.08 bits per heavy atom. The fourth-order valence-corrected chi connectivity index (χ4v) is 4.35. The molecule has 0 N–H and O–H groups in total. The molecule has 1 fully saturated rings. The lowest BCUT2D eigenvalue weighted by molar-refractivity contribution is 0.0712. The zero-order valence-corrected chi connectivity index (χ0v) is 16.2. The van der Waals surface area contributed by atoms with Gasteiger partial charge in [0.1, 0.15) is 9.88 Å². The van der Waals surface area contributed by atoms with E-state index in [4.69, 9.17) is 0 Å². The highest BCUT2D eigenvalue weighted by Crippen LogP contribution is 2.29. The van der Waals surface area contributed by atoms with E-state index >= 15 is 0 Å². The van der Waals surface area contributed by atoms with Crippen LogP contribution in [0.15, 0.2) is 30.3 Å². The summed E-state index contributed by atoms with van der Waals surface area (Å²) in [6.07, 6.45) is 2.07. The third-order valence-corrected chi connectivity index (χ3v) is 5.97. The number of hydrogen-bond donors (Lipinski definition) is 0. The SMILES string of the molecule is Cc1nc(-c2ccccc2)sc1C(=O)N1CCCN(C(C)C)CCC1. The Morgan fingerprint density at radius 3 is 2.32 bits per heavy atom. The Hall–Kier alpha value is -1.72. The lowest BCUT2D eigenvalue weighted by Crippen LogP contribution is -2.41. The van der Waals surface area contributed by atoms with Crippen LogP contribution in [0, 0.1) is 6.92 Å². The van der Waals surface area contributed by atoms with Crippen molar-refractivity contribution in [2.45, 2.75) is 39.7 Å². The van der Waals surface area contributed by atoms with Crippen LogP contribution >= 0.6 is 11.3 Å². The molecule has 1 amide bonds. The predicted molar refractivity (Wildman–Crippen MR) is 104 cm³/mol. The highest BCUT2D eigenvalue weighted by molar-refractivity contribution is 7.17. The third kappa shape index (κ3) is 4.28. The van der Waals surface area contributed by atoms with E-state index in [1.54, 1.807) is 0 Å². The van der Waals surface area contributed by atoms with Gasteiger partial charge in [-0.05, 0) is 33.6 Å². The second-order valence-corrected chi connectivity index (χ2v) is 7.93. The predicted octanol–water partition coefficient (Wildman–Crippen LogP) is 4.06. The second-order valence-electron chi connectivity index (χ2n) is 6.93. The fraction of sp³-hybridized carbons (Fsp3) is 0.500. The van der Waals surface area contributed by atoms with Gasteiger partial charge < -0.3 is 9.80 Å². The minimum Gasteiger partial charge on any atom is -0.338 e. The van der Waals surface area contributed by atoms with E-state index in [1.807, 2.05) is 42.2 Å². The van der Waals surface area contributed by atoms with Gasteiger partial charge in [0, 0.05) is 37.8 Å². The van der Waals surface area contributed by atoms with Crippen molar-refractivity contribution in [2.24, 2.45) is 0 Å². The smallest absolute Gasteiger partial charge is 0.265 e. The minimum atomic E-state index is 0.148. The number of rotatable bonds is 3. The summed E-state index contributed by atoms with van der Waals surface area (Å²) >= 11 is 1.52. The largest absolute Gasteiger partial charge is 0.338 e. The van der Waals surface area contributed by atoms with Crippen molar-refractivity contribution in [2.75, 3.05) is 26.2 Å². The topological polar surface area (TPSA) is 36.4 Å². The van der Waals surface area contributed by atoms with E-state index in [9.17, 15) is 4.79 Å². The number of thiazole rings is 1. The molecule has 1 aliphatic heterocycles. The summed E-state index contributed by atoms with van der Waals surface area (Å²) in [5.41, 5.74) is 1.93. The molecule has 134 valence electrons. The van der Waals surface area contributed by atoms with E-state index in [1.165, 1.54) is 11.3 Å². The molecule has 0 bridgehead atoms. The second kappa shape index (κ2) is 8.11. The van der Waals surface area contributed by atoms with E-state index in [0.717, 1.165) is 60.2 Å². The minimum absolute atomic E-state index is 0.148. The molecule has 0 unspecified atom stereocenters. The molecule has 3 rings (SSSR count). The van der Waals surface area contributed by atoms with Gasteiger partial charge in [-0.3, -0.25) is 4.79 Å². The molecule has 5 heteroatoms. The zero-order valence-electron chi connectivity index (χ0n) is 15.4. The highest BCUT2D eigenvalue weighted by atomic mass is 32.1. The number of aromatic nitrogens is 1. The van der Waals surface area contributed by atoms with Gasteiger partial charge in [-0.25, -0.2) is 4.98 Å². The molecule has 0 radical (unpaired) electrons. The van der Waals surface area contributed by atoms with E-state index in [0.29, 0.717) is 6.04 Å². The molecular formula is C20H27N3OS. The van der Waals surface area contributed by atoms with E-state index in [2.05, 4.69) is 23.7 Å². The molecule has 1 aliphatic rings. The van der Waals surface area contributed by atoms with Crippen LogP contribution < -0.4 is 0 Å². The zero-order chi connectivity index (χ0) is 17.8. The Morgan fingerprint density at radius 2 is 1.72 bits per heavy atom. The first-order chi connectivity index (χ1) is 12.1. The van der Waals surface area contributed by atoms with Gasteiger partial charge in [0.05, 0.1) is 5.69 Å². The van der Waals surface area contributed by atoms with Crippen molar-refractivity contribution in [3.8, 4) is 10.6 Å². The number of carbonyl (C=O) groups excluding carboxylic acids is 1. The molecule has 4 nitrogen and oxygen atoms in total. The first-order valence-electron chi connectivity index (χ1n) is 9.12. The Bertz CT molecular complexity index is 701. The molecule has 1 saturated heterocycles. The third-order valence-electron chi connectivity index (χ3n) is 4.78. The maximum absolute atomic E-state index is 13.0. The first-order valence-corrected chi connectivity index (χ1v) is 9.94. The van der Waals surface area contributed by atoms with Gasteiger partial charge >= 0.3 is 0 Å². The summed E-state index contributed by atoms with van der Waals surface area (Å²) in [6, 6.07) is 10.7. The lowest BCUT2D eigenvalue weighted by atomic mass is 10.2. The quantitative estimate of drug-likeness (QED) is 0.831. The summed E-state index contributed by atoms with van der Waals surface area (Å²) in [6.45, 7) is 10.2. The molecule has 2 aromatic rings. The maximum Gasteiger partial charge on any atom is 0.265 e. The Labute approximate surface area is 154 Å².